The third kappa shape index (κ3) is 2.69. The smallest absolute Gasteiger partial charge is 0.324 e. The van der Waals surface area contributed by atoms with Crippen molar-refractivity contribution in [2.75, 3.05) is 7.11 Å². The normalized spacial score (nSPS) is 13.2. The van der Waals surface area contributed by atoms with Gasteiger partial charge in [0.15, 0.2) is 5.92 Å². The first-order valence-corrected chi connectivity index (χ1v) is 7.34. The van der Waals surface area contributed by atoms with Gasteiger partial charge in [-0.25, -0.2) is 0 Å². The number of ether oxygens (including phenoxy) is 1. The summed E-state index contributed by atoms with van der Waals surface area (Å²) in [7, 11) is 1.31. The second kappa shape index (κ2) is 6.37. The number of nitrogens with one attached hydrogen (secondary N) is 1. The summed E-state index contributed by atoms with van der Waals surface area (Å²) in [5.74, 6) is -1.81. The molecular formula is C19H16N2O2. The number of para-hydroxylation sites is 1. The molecule has 0 aliphatic rings. The van der Waals surface area contributed by atoms with Crippen LogP contribution >= 0.6 is 0 Å². The predicted molar refractivity (Wildman–Crippen MR) is 87.7 cm³/mol. The fourth-order valence-corrected chi connectivity index (χ4v) is 2.95. The van der Waals surface area contributed by atoms with Crippen LogP contribution in [0.4, 0.5) is 0 Å². The monoisotopic (exact) mass is 304 g/mol. The number of hydrogen-bond donors (Lipinski definition) is 1. The lowest BCUT2D eigenvalue weighted by atomic mass is 9.81. The number of esters is 1. The third-order valence-electron chi connectivity index (χ3n) is 4.04. The van der Waals surface area contributed by atoms with Gasteiger partial charge < -0.3 is 9.72 Å². The molecule has 114 valence electrons. The molecule has 1 heterocycles. The van der Waals surface area contributed by atoms with Gasteiger partial charge in [0.25, 0.3) is 0 Å². The van der Waals surface area contributed by atoms with Crippen LogP contribution in [0.3, 0.4) is 0 Å². The average Bonchev–Trinajstić information content (AvgIpc) is 3.03. The van der Waals surface area contributed by atoms with Gasteiger partial charge >= 0.3 is 5.97 Å². The van der Waals surface area contributed by atoms with Gasteiger partial charge in [0.05, 0.1) is 13.2 Å². The fraction of sp³-hybridized carbons (Fsp3) is 0.158. The van der Waals surface area contributed by atoms with Crippen molar-refractivity contribution >= 4 is 16.9 Å². The molecule has 4 heteroatoms. The molecule has 0 radical (unpaired) electrons. The zero-order valence-electron chi connectivity index (χ0n) is 12.7. The second-order valence-electron chi connectivity index (χ2n) is 5.31. The van der Waals surface area contributed by atoms with E-state index < -0.39 is 11.9 Å². The Hall–Kier alpha value is -3.06. The number of benzene rings is 2. The molecule has 4 nitrogen and oxygen atoms in total. The number of carbonyl (C=O) groups is 1. The van der Waals surface area contributed by atoms with Crippen molar-refractivity contribution in [3.63, 3.8) is 0 Å². The van der Waals surface area contributed by atoms with Gasteiger partial charge in [-0.2, -0.15) is 5.26 Å². The van der Waals surface area contributed by atoms with Gasteiger partial charge in [0.1, 0.15) is 0 Å². The number of methoxy groups -OCH3 is 1. The highest BCUT2D eigenvalue weighted by Crippen LogP contribution is 2.36. The molecule has 0 spiro atoms. The molecule has 3 aromatic rings. The first kappa shape index (κ1) is 14.9. The maximum Gasteiger partial charge on any atom is 0.324 e. The number of hydrogen-bond acceptors (Lipinski definition) is 3. The maximum absolute atomic E-state index is 12.1. The van der Waals surface area contributed by atoms with E-state index in [4.69, 9.17) is 4.74 Å². The van der Waals surface area contributed by atoms with E-state index in [2.05, 4.69) is 11.1 Å². The number of aromatic amines is 1. The van der Waals surface area contributed by atoms with Crippen LogP contribution in [0.2, 0.25) is 0 Å². The number of fused-ring (bicyclic) bond motifs is 1. The van der Waals surface area contributed by atoms with E-state index in [1.165, 1.54) is 7.11 Å². The number of nitrogens with zero attached hydrogens (tertiary/aromatic N) is 1. The summed E-state index contributed by atoms with van der Waals surface area (Å²) in [6.45, 7) is 0. The van der Waals surface area contributed by atoms with Crippen molar-refractivity contribution < 1.29 is 9.53 Å². The van der Waals surface area contributed by atoms with Crippen LogP contribution in [0.5, 0.6) is 0 Å². The van der Waals surface area contributed by atoms with E-state index in [1.807, 2.05) is 60.8 Å². The Kier molecular flexibility index (Phi) is 4.11. The molecule has 1 aromatic heterocycles. The molecule has 0 aliphatic carbocycles. The third-order valence-corrected chi connectivity index (χ3v) is 4.04. The van der Waals surface area contributed by atoms with Crippen molar-refractivity contribution in [3.05, 3.63) is 71.9 Å². The first-order chi connectivity index (χ1) is 11.3. The van der Waals surface area contributed by atoms with Gasteiger partial charge in [-0.1, -0.05) is 48.5 Å². The van der Waals surface area contributed by atoms with Gasteiger partial charge in [0, 0.05) is 23.0 Å². The Labute approximate surface area is 134 Å². The molecule has 0 fully saturated rings. The highest BCUT2D eigenvalue weighted by molar-refractivity contribution is 5.86. The van der Waals surface area contributed by atoms with Crippen LogP contribution in [-0.4, -0.2) is 18.1 Å². The fourth-order valence-electron chi connectivity index (χ4n) is 2.95. The van der Waals surface area contributed by atoms with Crippen LogP contribution in [0, 0.1) is 17.2 Å². The van der Waals surface area contributed by atoms with Crippen LogP contribution in [0.15, 0.2) is 60.8 Å². The summed E-state index contributed by atoms with van der Waals surface area (Å²) < 4.78 is 4.84. The minimum Gasteiger partial charge on any atom is -0.468 e. The van der Waals surface area contributed by atoms with Crippen molar-refractivity contribution in [1.29, 1.82) is 5.26 Å². The van der Waals surface area contributed by atoms with E-state index in [0.29, 0.717) is 0 Å². The van der Waals surface area contributed by atoms with Gasteiger partial charge in [-0.05, 0) is 17.2 Å². The molecule has 0 bridgehead atoms. The highest BCUT2D eigenvalue weighted by atomic mass is 16.5. The minimum atomic E-state index is -0.901. The first-order valence-electron chi connectivity index (χ1n) is 7.34. The second-order valence-corrected chi connectivity index (χ2v) is 5.31. The number of H-pyrrole nitrogens is 1. The molecule has 0 aliphatic heterocycles. The molecule has 3 rings (SSSR count). The Morgan fingerprint density at radius 3 is 2.52 bits per heavy atom. The van der Waals surface area contributed by atoms with E-state index in [1.54, 1.807) is 0 Å². The quantitative estimate of drug-likeness (QED) is 0.749. The lowest BCUT2D eigenvalue weighted by Gasteiger charge is -2.20. The Bertz CT molecular complexity index is 862. The van der Waals surface area contributed by atoms with Crippen LogP contribution < -0.4 is 0 Å². The van der Waals surface area contributed by atoms with Gasteiger partial charge in [-0.15, -0.1) is 0 Å². The average molecular weight is 304 g/mol. The molecule has 2 aromatic carbocycles. The van der Waals surface area contributed by atoms with Crippen molar-refractivity contribution in [2.24, 2.45) is 5.92 Å². The Balaban J connectivity index is 2.20. The molecule has 23 heavy (non-hydrogen) atoms. The van der Waals surface area contributed by atoms with Gasteiger partial charge in [-0.3, -0.25) is 4.79 Å². The zero-order chi connectivity index (χ0) is 16.2. The molecule has 0 amide bonds. The molecule has 1 N–H and O–H groups in total. The van der Waals surface area contributed by atoms with Crippen LogP contribution in [-0.2, 0) is 9.53 Å². The standard InChI is InChI=1S/C19H16N2O2/c1-23-19(22)15(11-20)18(13-7-3-2-4-8-13)16-12-21-17-10-6-5-9-14(16)17/h2-10,12,15,18,21H,1H3/t15-,18+/m0/s1. The molecule has 0 unspecified atom stereocenters. The Morgan fingerprint density at radius 1 is 1.13 bits per heavy atom. The molecular weight excluding hydrogens is 288 g/mol. The number of carbonyl (C=O) groups excluding carboxylic acids is 1. The van der Waals surface area contributed by atoms with E-state index in [0.717, 1.165) is 22.0 Å². The Morgan fingerprint density at radius 2 is 1.83 bits per heavy atom. The summed E-state index contributed by atoms with van der Waals surface area (Å²) in [4.78, 5) is 15.3. The van der Waals surface area contributed by atoms with Crippen molar-refractivity contribution in [3.8, 4) is 6.07 Å². The minimum absolute atomic E-state index is 0.384. The molecule has 0 saturated heterocycles. The summed E-state index contributed by atoms with van der Waals surface area (Å²) in [5.41, 5.74) is 2.81. The summed E-state index contributed by atoms with van der Waals surface area (Å²) in [5, 5.41) is 10.6. The molecule has 0 saturated carbocycles. The zero-order valence-corrected chi connectivity index (χ0v) is 12.7. The van der Waals surface area contributed by atoms with Gasteiger partial charge in [0.2, 0.25) is 0 Å². The topological polar surface area (TPSA) is 65.9 Å². The lowest BCUT2D eigenvalue weighted by molar-refractivity contribution is -0.143. The van der Waals surface area contributed by atoms with E-state index in [-0.39, 0.29) is 5.92 Å². The molecule has 2 atom stereocenters. The number of nitriles is 1. The summed E-state index contributed by atoms with van der Waals surface area (Å²) in [6, 6.07) is 19.6. The van der Waals surface area contributed by atoms with Crippen molar-refractivity contribution in [1.82, 2.24) is 4.98 Å². The summed E-state index contributed by atoms with van der Waals surface area (Å²) in [6.07, 6.45) is 1.87. The van der Waals surface area contributed by atoms with E-state index in [9.17, 15) is 10.1 Å². The van der Waals surface area contributed by atoms with Crippen molar-refractivity contribution in [2.45, 2.75) is 5.92 Å². The highest BCUT2D eigenvalue weighted by Gasteiger charge is 2.33. The van der Waals surface area contributed by atoms with Crippen LogP contribution in [0.1, 0.15) is 17.0 Å². The van der Waals surface area contributed by atoms with E-state index >= 15 is 0 Å². The lowest BCUT2D eigenvalue weighted by Crippen LogP contribution is -2.23. The predicted octanol–water partition coefficient (Wildman–Crippen LogP) is 3.61. The largest absolute Gasteiger partial charge is 0.468 e. The number of rotatable bonds is 4. The SMILES string of the molecule is COC(=O)[C@@H](C#N)[C@@H](c1ccccc1)c1c[nH]c2ccccc12. The summed E-state index contributed by atoms with van der Waals surface area (Å²) >= 11 is 0. The maximum atomic E-state index is 12.1. The number of aromatic nitrogens is 1. The van der Waals surface area contributed by atoms with Crippen LogP contribution in [0.25, 0.3) is 10.9 Å².